The average Bonchev–Trinajstić information content (AvgIpc) is 2.31. The van der Waals surface area contributed by atoms with Gasteiger partial charge in [0.15, 0.2) is 0 Å². The maximum atomic E-state index is 13.1. The zero-order valence-corrected chi connectivity index (χ0v) is 9.31. The zero-order chi connectivity index (χ0) is 13.1. The van der Waals surface area contributed by atoms with Gasteiger partial charge in [0.2, 0.25) is 0 Å². The molecule has 0 aliphatic rings. The Morgan fingerprint density at radius 3 is 2.72 bits per heavy atom. The van der Waals surface area contributed by atoms with Crippen LogP contribution in [0, 0.1) is 5.82 Å². The molecular weight excluding hydrogens is 237 g/mol. The third-order valence-corrected chi connectivity index (χ3v) is 2.48. The van der Waals surface area contributed by atoms with Gasteiger partial charge in [0.05, 0.1) is 6.42 Å². The molecule has 0 aliphatic heterocycles. The van der Waals surface area contributed by atoms with Crippen molar-refractivity contribution in [2.24, 2.45) is 0 Å². The Hall–Kier alpha value is -2.43. The third kappa shape index (κ3) is 2.63. The van der Waals surface area contributed by atoms with Crippen LogP contribution in [0.5, 0.6) is 0 Å². The van der Waals surface area contributed by atoms with E-state index >= 15 is 0 Å². The molecule has 0 bridgehead atoms. The van der Waals surface area contributed by atoms with E-state index in [0.717, 1.165) is 0 Å². The van der Waals surface area contributed by atoms with Gasteiger partial charge in [-0.1, -0.05) is 12.1 Å². The second-order valence-corrected chi connectivity index (χ2v) is 3.82. The Morgan fingerprint density at radius 2 is 2.06 bits per heavy atom. The third-order valence-electron chi connectivity index (χ3n) is 2.48. The Bertz CT molecular complexity index is 649. The minimum atomic E-state index is -1.09. The molecule has 0 saturated heterocycles. The van der Waals surface area contributed by atoms with Crippen molar-refractivity contribution in [3.05, 3.63) is 58.3 Å². The van der Waals surface area contributed by atoms with Gasteiger partial charge < -0.3 is 10.1 Å². The van der Waals surface area contributed by atoms with Crippen LogP contribution in [-0.4, -0.2) is 16.1 Å². The van der Waals surface area contributed by atoms with Gasteiger partial charge in [0.25, 0.3) is 5.56 Å². The summed E-state index contributed by atoms with van der Waals surface area (Å²) in [5.74, 6) is -1.48. The molecule has 5 heteroatoms. The minimum absolute atomic E-state index is 0.143. The highest BCUT2D eigenvalue weighted by atomic mass is 19.1. The Kier molecular flexibility index (Phi) is 3.23. The molecule has 0 unspecified atom stereocenters. The van der Waals surface area contributed by atoms with E-state index in [1.54, 1.807) is 12.1 Å². The molecule has 0 saturated carbocycles. The first-order valence-corrected chi connectivity index (χ1v) is 5.25. The highest BCUT2D eigenvalue weighted by molar-refractivity contribution is 5.71. The summed E-state index contributed by atoms with van der Waals surface area (Å²) in [4.78, 5) is 24.5. The maximum Gasteiger partial charge on any atom is 0.308 e. The number of pyridine rings is 1. The summed E-state index contributed by atoms with van der Waals surface area (Å²) in [5, 5.41) is 8.68. The number of H-pyrrole nitrogens is 1. The number of halogens is 1. The molecule has 2 N–H and O–H groups in total. The fourth-order valence-corrected chi connectivity index (χ4v) is 1.66. The number of aliphatic carboxylic acids is 1. The number of carbonyl (C=O) groups is 1. The number of rotatable bonds is 3. The van der Waals surface area contributed by atoms with Gasteiger partial charge in [-0.2, -0.15) is 0 Å². The number of hydrogen-bond donors (Lipinski definition) is 2. The van der Waals surface area contributed by atoms with Gasteiger partial charge in [-0.3, -0.25) is 9.59 Å². The molecule has 0 amide bonds. The maximum absolute atomic E-state index is 13.1. The number of carboxylic acid groups (broad SMARTS) is 1. The van der Waals surface area contributed by atoms with Gasteiger partial charge in [-0.25, -0.2) is 4.39 Å². The van der Waals surface area contributed by atoms with E-state index in [9.17, 15) is 14.0 Å². The molecule has 18 heavy (non-hydrogen) atoms. The van der Waals surface area contributed by atoms with E-state index in [0.29, 0.717) is 11.1 Å². The first-order valence-electron chi connectivity index (χ1n) is 5.25. The lowest BCUT2D eigenvalue weighted by Gasteiger charge is -2.03. The molecule has 0 spiro atoms. The standard InChI is InChI=1S/C13H10FNO3/c14-11-3-1-2-8(5-11)10-4-9(6-12(16)17)13(18)15-7-10/h1-5,7H,6H2,(H,15,18)(H,16,17). The van der Waals surface area contributed by atoms with Gasteiger partial charge in [-0.05, 0) is 29.3 Å². The van der Waals surface area contributed by atoms with Gasteiger partial charge >= 0.3 is 5.97 Å². The second-order valence-electron chi connectivity index (χ2n) is 3.82. The zero-order valence-electron chi connectivity index (χ0n) is 9.31. The van der Waals surface area contributed by atoms with Crippen molar-refractivity contribution in [1.29, 1.82) is 0 Å². The number of aromatic nitrogens is 1. The number of benzene rings is 1. The molecule has 1 aromatic heterocycles. The van der Waals surface area contributed by atoms with Gasteiger partial charge in [0, 0.05) is 11.8 Å². The average molecular weight is 247 g/mol. The van der Waals surface area contributed by atoms with Crippen LogP contribution in [0.15, 0.2) is 41.3 Å². The Balaban J connectivity index is 2.47. The molecule has 0 aliphatic carbocycles. The first-order chi connectivity index (χ1) is 8.56. The van der Waals surface area contributed by atoms with E-state index in [4.69, 9.17) is 5.11 Å². The second kappa shape index (κ2) is 4.83. The van der Waals surface area contributed by atoms with E-state index in [2.05, 4.69) is 4.98 Å². The van der Waals surface area contributed by atoms with Crippen LogP contribution in [0.25, 0.3) is 11.1 Å². The molecule has 0 fully saturated rings. The van der Waals surface area contributed by atoms with Crippen LogP contribution < -0.4 is 5.56 Å². The van der Waals surface area contributed by atoms with E-state index < -0.39 is 17.3 Å². The van der Waals surface area contributed by atoms with Crippen molar-refractivity contribution in [3.8, 4) is 11.1 Å². The fraction of sp³-hybridized carbons (Fsp3) is 0.0769. The highest BCUT2D eigenvalue weighted by Crippen LogP contribution is 2.19. The van der Waals surface area contributed by atoms with Crippen LogP contribution in [0.2, 0.25) is 0 Å². The molecule has 4 nitrogen and oxygen atoms in total. The lowest BCUT2D eigenvalue weighted by atomic mass is 10.0. The van der Waals surface area contributed by atoms with Crippen LogP contribution in [-0.2, 0) is 11.2 Å². The molecule has 1 heterocycles. The monoisotopic (exact) mass is 247 g/mol. The summed E-state index contributed by atoms with van der Waals surface area (Å²) < 4.78 is 13.1. The number of nitrogens with one attached hydrogen (secondary N) is 1. The van der Waals surface area contributed by atoms with Crippen LogP contribution in [0.4, 0.5) is 4.39 Å². The van der Waals surface area contributed by atoms with Crippen LogP contribution in [0.1, 0.15) is 5.56 Å². The topological polar surface area (TPSA) is 70.2 Å². The fourth-order valence-electron chi connectivity index (χ4n) is 1.66. The van der Waals surface area contributed by atoms with Crippen molar-refractivity contribution in [2.75, 3.05) is 0 Å². The lowest BCUT2D eigenvalue weighted by molar-refractivity contribution is -0.136. The lowest BCUT2D eigenvalue weighted by Crippen LogP contribution is -2.15. The first kappa shape index (κ1) is 12.0. The van der Waals surface area contributed by atoms with Gasteiger partial charge in [0.1, 0.15) is 5.82 Å². The summed E-state index contributed by atoms with van der Waals surface area (Å²) >= 11 is 0. The SMILES string of the molecule is O=C(O)Cc1cc(-c2cccc(F)c2)c[nH]c1=O. The highest BCUT2D eigenvalue weighted by Gasteiger charge is 2.08. The van der Waals surface area contributed by atoms with Crippen molar-refractivity contribution in [1.82, 2.24) is 4.98 Å². The number of hydrogen-bond acceptors (Lipinski definition) is 2. The predicted octanol–water partition coefficient (Wildman–Crippen LogP) is 1.81. The minimum Gasteiger partial charge on any atom is -0.481 e. The Labute approximate surface area is 102 Å². The normalized spacial score (nSPS) is 10.3. The Morgan fingerprint density at radius 1 is 1.28 bits per heavy atom. The van der Waals surface area contributed by atoms with Crippen molar-refractivity contribution >= 4 is 5.97 Å². The number of carboxylic acids is 1. The van der Waals surface area contributed by atoms with Crippen molar-refractivity contribution in [2.45, 2.75) is 6.42 Å². The summed E-state index contributed by atoms with van der Waals surface area (Å²) in [7, 11) is 0. The summed E-state index contributed by atoms with van der Waals surface area (Å²) in [6.07, 6.45) is 1.07. The predicted molar refractivity (Wildman–Crippen MR) is 63.8 cm³/mol. The number of aromatic amines is 1. The molecular formula is C13H10FNO3. The summed E-state index contributed by atoms with van der Waals surface area (Å²) in [5.41, 5.74) is 0.852. The van der Waals surface area contributed by atoms with E-state index in [1.165, 1.54) is 24.4 Å². The molecule has 0 radical (unpaired) electrons. The van der Waals surface area contributed by atoms with Crippen LogP contribution >= 0.6 is 0 Å². The molecule has 2 rings (SSSR count). The molecule has 2 aromatic rings. The largest absolute Gasteiger partial charge is 0.481 e. The van der Waals surface area contributed by atoms with E-state index in [1.807, 2.05) is 0 Å². The molecule has 1 aromatic carbocycles. The summed E-state index contributed by atoms with van der Waals surface area (Å²) in [6, 6.07) is 7.32. The van der Waals surface area contributed by atoms with Gasteiger partial charge in [-0.15, -0.1) is 0 Å². The van der Waals surface area contributed by atoms with Crippen LogP contribution in [0.3, 0.4) is 0 Å². The molecule has 0 atom stereocenters. The van der Waals surface area contributed by atoms with Crippen molar-refractivity contribution in [3.63, 3.8) is 0 Å². The van der Waals surface area contributed by atoms with Crippen molar-refractivity contribution < 1.29 is 14.3 Å². The smallest absolute Gasteiger partial charge is 0.308 e. The molecule has 92 valence electrons. The quantitative estimate of drug-likeness (QED) is 0.868. The summed E-state index contributed by atoms with van der Waals surface area (Å²) in [6.45, 7) is 0. The van der Waals surface area contributed by atoms with E-state index in [-0.39, 0.29) is 12.0 Å².